The number of rotatable bonds is 5. The molecule has 1 aromatic rings. The Hall–Kier alpha value is -1.34. The normalized spacial score (nSPS) is 11.4. The molecule has 1 aromatic heterocycles. The van der Waals surface area contributed by atoms with Crippen LogP contribution in [-0.4, -0.2) is 31.0 Å². The molecule has 0 amide bonds. The zero-order chi connectivity index (χ0) is 10.6. The highest BCUT2D eigenvalue weighted by Gasteiger charge is 2.13. The lowest BCUT2D eigenvalue weighted by Gasteiger charge is -2.01. The van der Waals surface area contributed by atoms with Crippen LogP contribution in [0.5, 0.6) is 0 Å². The molecule has 0 atom stereocenters. The van der Waals surface area contributed by atoms with Crippen LogP contribution in [0.15, 0.2) is 23.4 Å². The van der Waals surface area contributed by atoms with E-state index in [9.17, 15) is 13.2 Å². The van der Waals surface area contributed by atoms with Gasteiger partial charge in [0.05, 0.1) is 11.3 Å². The molecule has 0 aromatic carbocycles. The van der Waals surface area contributed by atoms with Gasteiger partial charge in [-0.25, -0.2) is 13.1 Å². The van der Waals surface area contributed by atoms with Crippen molar-refractivity contribution in [3.05, 3.63) is 18.5 Å². The van der Waals surface area contributed by atoms with Crippen molar-refractivity contribution in [3.8, 4) is 0 Å². The molecule has 0 aliphatic heterocycles. The van der Waals surface area contributed by atoms with E-state index in [0.29, 0.717) is 0 Å². The molecule has 1 rings (SSSR count). The van der Waals surface area contributed by atoms with Gasteiger partial charge < -0.3 is 10.1 Å². The predicted octanol–water partition coefficient (Wildman–Crippen LogP) is -0.232. The van der Waals surface area contributed by atoms with E-state index in [-0.39, 0.29) is 17.9 Å². The van der Waals surface area contributed by atoms with Crippen LogP contribution in [0, 0.1) is 0 Å². The van der Waals surface area contributed by atoms with Crippen molar-refractivity contribution in [1.82, 2.24) is 9.71 Å². The molecule has 78 valence electrons. The zero-order valence-electron chi connectivity index (χ0n) is 7.23. The molecular weight excluding hydrogens is 208 g/mol. The Labute approximate surface area is 81.0 Å². The number of nitrogens with one attached hydrogen (secondary N) is 2. The minimum absolute atomic E-state index is 0.0999. The first-order chi connectivity index (χ1) is 6.52. The Kier molecular flexibility index (Phi) is 3.26. The van der Waals surface area contributed by atoms with E-state index < -0.39 is 16.0 Å². The second-order valence-corrected chi connectivity index (χ2v) is 4.36. The Bertz CT molecular complexity index is 395. The summed E-state index contributed by atoms with van der Waals surface area (Å²) in [4.78, 5) is 12.8. The molecule has 0 saturated carbocycles. The number of carbonyl (C=O) groups is 1. The van der Waals surface area contributed by atoms with Gasteiger partial charge in [0.1, 0.15) is 0 Å². The maximum atomic E-state index is 11.4. The minimum Gasteiger partial charge on any atom is -0.481 e. The van der Waals surface area contributed by atoms with E-state index in [0.717, 1.165) is 0 Å². The summed E-state index contributed by atoms with van der Waals surface area (Å²) in [6.07, 6.45) is 2.57. The largest absolute Gasteiger partial charge is 0.481 e. The third-order valence-corrected chi connectivity index (χ3v) is 2.97. The number of carboxylic acids is 1. The van der Waals surface area contributed by atoms with Crippen molar-refractivity contribution in [3.63, 3.8) is 0 Å². The number of aliphatic carboxylic acids is 1. The van der Waals surface area contributed by atoms with E-state index in [1.165, 1.54) is 18.5 Å². The first-order valence-corrected chi connectivity index (χ1v) is 5.35. The molecule has 0 spiro atoms. The topological polar surface area (TPSA) is 99.3 Å². The van der Waals surface area contributed by atoms with Gasteiger partial charge in [0.2, 0.25) is 10.0 Å². The van der Waals surface area contributed by atoms with Gasteiger partial charge in [-0.05, 0) is 6.07 Å². The van der Waals surface area contributed by atoms with Crippen molar-refractivity contribution in [2.75, 3.05) is 6.54 Å². The van der Waals surface area contributed by atoms with Crippen molar-refractivity contribution in [1.29, 1.82) is 0 Å². The molecule has 0 unspecified atom stereocenters. The fourth-order valence-corrected chi connectivity index (χ4v) is 1.86. The standard InChI is InChI=1S/C7H10N2O4S/c10-7(11)2-4-9-14(12,13)6-1-3-8-5-6/h1,3,5,8-9H,2,4H2,(H,10,11). The van der Waals surface area contributed by atoms with Crippen LogP contribution in [0.3, 0.4) is 0 Å². The van der Waals surface area contributed by atoms with Gasteiger partial charge in [-0.3, -0.25) is 4.79 Å². The number of hydrogen-bond donors (Lipinski definition) is 3. The summed E-state index contributed by atoms with van der Waals surface area (Å²) in [5.74, 6) is -1.04. The Balaban J connectivity index is 2.56. The molecule has 0 radical (unpaired) electrons. The fraction of sp³-hybridized carbons (Fsp3) is 0.286. The monoisotopic (exact) mass is 218 g/mol. The molecule has 1 heterocycles. The summed E-state index contributed by atoms with van der Waals surface area (Å²) in [6, 6.07) is 1.39. The number of aromatic amines is 1. The molecule has 3 N–H and O–H groups in total. The molecule has 7 heteroatoms. The van der Waals surface area contributed by atoms with Crippen molar-refractivity contribution < 1.29 is 18.3 Å². The van der Waals surface area contributed by atoms with E-state index in [1.54, 1.807) is 0 Å². The number of sulfonamides is 1. The first kappa shape index (κ1) is 10.7. The van der Waals surface area contributed by atoms with Crippen LogP contribution in [0.1, 0.15) is 6.42 Å². The van der Waals surface area contributed by atoms with Gasteiger partial charge >= 0.3 is 5.97 Å². The smallest absolute Gasteiger partial charge is 0.304 e. The van der Waals surface area contributed by atoms with Gasteiger partial charge in [-0.15, -0.1) is 0 Å². The van der Waals surface area contributed by atoms with E-state index in [4.69, 9.17) is 5.11 Å². The van der Waals surface area contributed by atoms with E-state index in [1.807, 2.05) is 0 Å². The average Bonchev–Trinajstić information content (AvgIpc) is 2.54. The van der Waals surface area contributed by atoms with Crippen LogP contribution >= 0.6 is 0 Å². The molecule has 0 bridgehead atoms. The van der Waals surface area contributed by atoms with Crippen LogP contribution < -0.4 is 4.72 Å². The highest BCUT2D eigenvalue weighted by Crippen LogP contribution is 2.05. The predicted molar refractivity (Wildman–Crippen MR) is 48.2 cm³/mol. The van der Waals surface area contributed by atoms with Gasteiger partial charge in [0, 0.05) is 18.9 Å². The lowest BCUT2D eigenvalue weighted by molar-refractivity contribution is -0.136. The lowest BCUT2D eigenvalue weighted by Crippen LogP contribution is -2.25. The van der Waals surface area contributed by atoms with Crippen LogP contribution in [0.2, 0.25) is 0 Å². The summed E-state index contributed by atoms with van der Waals surface area (Å²) in [5.41, 5.74) is 0. The average molecular weight is 218 g/mol. The van der Waals surface area contributed by atoms with Crippen molar-refractivity contribution >= 4 is 16.0 Å². The van der Waals surface area contributed by atoms with Crippen LogP contribution in [-0.2, 0) is 14.8 Å². The third-order valence-electron chi connectivity index (χ3n) is 1.51. The van der Waals surface area contributed by atoms with Crippen molar-refractivity contribution in [2.24, 2.45) is 0 Å². The Morgan fingerprint density at radius 3 is 2.79 bits per heavy atom. The highest BCUT2D eigenvalue weighted by molar-refractivity contribution is 7.89. The second-order valence-electron chi connectivity index (χ2n) is 2.59. The van der Waals surface area contributed by atoms with Gasteiger partial charge in [0.25, 0.3) is 0 Å². The maximum Gasteiger partial charge on any atom is 0.304 e. The number of carboxylic acid groups (broad SMARTS) is 1. The van der Waals surface area contributed by atoms with Crippen LogP contribution in [0.4, 0.5) is 0 Å². The quantitative estimate of drug-likeness (QED) is 0.635. The van der Waals surface area contributed by atoms with E-state index in [2.05, 4.69) is 9.71 Å². The van der Waals surface area contributed by atoms with Crippen molar-refractivity contribution in [2.45, 2.75) is 11.3 Å². The number of hydrogen-bond acceptors (Lipinski definition) is 3. The van der Waals surface area contributed by atoms with Gasteiger partial charge in [-0.1, -0.05) is 0 Å². The molecule has 6 nitrogen and oxygen atoms in total. The van der Waals surface area contributed by atoms with Gasteiger partial charge in [0.15, 0.2) is 0 Å². The summed E-state index contributed by atoms with van der Waals surface area (Å²) in [6.45, 7) is -0.108. The molecule has 0 saturated heterocycles. The van der Waals surface area contributed by atoms with E-state index >= 15 is 0 Å². The number of H-pyrrole nitrogens is 1. The molecule has 14 heavy (non-hydrogen) atoms. The summed E-state index contributed by atoms with van der Waals surface area (Å²) < 4.78 is 24.9. The van der Waals surface area contributed by atoms with Gasteiger partial charge in [-0.2, -0.15) is 0 Å². The first-order valence-electron chi connectivity index (χ1n) is 3.86. The Morgan fingerprint density at radius 2 is 2.29 bits per heavy atom. The molecule has 0 aliphatic carbocycles. The summed E-state index contributed by atoms with van der Waals surface area (Å²) >= 11 is 0. The molecule has 0 aliphatic rings. The second kappa shape index (κ2) is 4.25. The number of aromatic nitrogens is 1. The summed E-state index contributed by atoms with van der Waals surface area (Å²) in [5, 5.41) is 8.30. The third kappa shape index (κ3) is 2.86. The maximum absolute atomic E-state index is 11.4. The molecule has 0 fully saturated rings. The SMILES string of the molecule is O=C(O)CCNS(=O)(=O)c1cc[nH]c1. The highest BCUT2D eigenvalue weighted by atomic mass is 32.2. The molecular formula is C7H10N2O4S. The minimum atomic E-state index is -3.56. The zero-order valence-corrected chi connectivity index (χ0v) is 8.04. The summed E-state index contributed by atoms with van der Waals surface area (Å²) in [7, 11) is -3.56. The van der Waals surface area contributed by atoms with Crippen LogP contribution in [0.25, 0.3) is 0 Å². The Morgan fingerprint density at radius 1 is 1.57 bits per heavy atom. The fourth-order valence-electron chi connectivity index (χ4n) is 0.851. The lowest BCUT2D eigenvalue weighted by atomic mass is 10.5.